The Hall–Kier alpha value is -0.750. The molecule has 0 saturated carbocycles. The van der Waals surface area contributed by atoms with Gasteiger partial charge in [0, 0.05) is 13.1 Å². The van der Waals surface area contributed by atoms with Crippen LogP contribution in [0.5, 0.6) is 0 Å². The van der Waals surface area contributed by atoms with Crippen LogP contribution in [0, 0.1) is 0 Å². The number of alkyl halides is 2. The molecule has 1 saturated heterocycles. The highest BCUT2D eigenvalue weighted by atomic mass is 19.3. The zero-order valence-electron chi connectivity index (χ0n) is 8.45. The van der Waals surface area contributed by atoms with Crippen molar-refractivity contribution in [3.8, 4) is 0 Å². The third-order valence-corrected chi connectivity index (χ3v) is 2.07. The zero-order valence-corrected chi connectivity index (χ0v) is 8.45. The Kier molecular flexibility index (Phi) is 5.49. The van der Waals surface area contributed by atoms with Crippen molar-refractivity contribution in [1.29, 1.82) is 0 Å². The van der Waals surface area contributed by atoms with E-state index in [9.17, 15) is 13.6 Å². The van der Waals surface area contributed by atoms with Gasteiger partial charge in [-0.2, -0.15) is 0 Å². The van der Waals surface area contributed by atoms with Crippen LogP contribution in [0.15, 0.2) is 0 Å². The first-order valence-electron chi connectivity index (χ1n) is 4.91. The molecule has 88 valence electrons. The van der Waals surface area contributed by atoms with Gasteiger partial charge in [0.15, 0.2) is 0 Å². The smallest absolute Gasteiger partial charge is 0.261 e. The number of carbonyl (C=O) groups excluding carboxylic acids is 1. The fraction of sp³-hybridized carbons (Fsp3) is 0.889. The maximum absolute atomic E-state index is 11.7. The summed E-state index contributed by atoms with van der Waals surface area (Å²) in [7, 11) is 0. The highest BCUT2D eigenvalue weighted by molar-refractivity contribution is 5.76. The van der Waals surface area contributed by atoms with E-state index >= 15 is 0 Å². The summed E-state index contributed by atoms with van der Waals surface area (Å²) < 4.78 is 33.1. The quantitative estimate of drug-likeness (QED) is 0.638. The Balaban J connectivity index is 2.07. The number of rotatable bonds is 5. The molecule has 1 aliphatic rings. The molecular weight excluding hydrogens is 208 g/mol. The summed E-state index contributed by atoms with van der Waals surface area (Å²) in [5, 5.41) is 0. The molecule has 1 amide bonds. The van der Waals surface area contributed by atoms with Crippen LogP contribution in [0.3, 0.4) is 0 Å². The van der Waals surface area contributed by atoms with Crippen LogP contribution in [-0.2, 0) is 14.3 Å². The molecule has 1 heterocycles. The van der Waals surface area contributed by atoms with E-state index in [1.54, 1.807) is 4.90 Å². The van der Waals surface area contributed by atoms with E-state index in [4.69, 9.17) is 4.74 Å². The van der Waals surface area contributed by atoms with Crippen molar-refractivity contribution in [1.82, 2.24) is 4.90 Å². The van der Waals surface area contributed by atoms with E-state index in [0.717, 1.165) is 0 Å². The molecule has 0 aromatic carbocycles. The molecule has 0 radical (unpaired) electrons. The summed E-state index contributed by atoms with van der Waals surface area (Å²) in [5.74, 6) is -0.0624. The van der Waals surface area contributed by atoms with Gasteiger partial charge in [-0.05, 0) is 0 Å². The minimum atomic E-state index is -2.47. The van der Waals surface area contributed by atoms with Crippen molar-refractivity contribution in [2.24, 2.45) is 0 Å². The first-order chi connectivity index (χ1) is 7.20. The second-order valence-corrected chi connectivity index (χ2v) is 3.21. The molecule has 6 heteroatoms. The van der Waals surface area contributed by atoms with E-state index in [-0.39, 0.29) is 18.9 Å². The molecule has 1 rings (SSSR count). The third-order valence-electron chi connectivity index (χ3n) is 2.07. The highest BCUT2D eigenvalue weighted by Crippen LogP contribution is 2.01. The molecule has 0 aromatic heterocycles. The van der Waals surface area contributed by atoms with Crippen LogP contribution in [0.4, 0.5) is 8.78 Å². The lowest BCUT2D eigenvalue weighted by atomic mass is 10.3. The zero-order chi connectivity index (χ0) is 11.1. The number of carbonyl (C=O) groups is 1. The molecular formula is C9H15F2NO3. The summed E-state index contributed by atoms with van der Waals surface area (Å²) >= 11 is 0. The van der Waals surface area contributed by atoms with Crippen LogP contribution in [0.2, 0.25) is 0 Å². The second-order valence-electron chi connectivity index (χ2n) is 3.21. The number of amides is 1. The van der Waals surface area contributed by atoms with Crippen molar-refractivity contribution in [3.05, 3.63) is 0 Å². The fourth-order valence-electron chi connectivity index (χ4n) is 1.30. The SMILES string of the molecule is O=C(CCOCC(F)F)N1CCOCC1. The molecule has 0 unspecified atom stereocenters. The summed E-state index contributed by atoms with van der Waals surface area (Å²) in [6, 6.07) is 0. The van der Waals surface area contributed by atoms with Gasteiger partial charge in [0.25, 0.3) is 6.43 Å². The highest BCUT2D eigenvalue weighted by Gasteiger charge is 2.16. The first-order valence-corrected chi connectivity index (χ1v) is 4.91. The van der Waals surface area contributed by atoms with Gasteiger partial charge in [0.2, 0.25) is 5.91 Å². The van der Waals surface area contributed by atoms with Crippen LogP contribution in [0.1, 0.15) is 6.42 Å². The standard InChI is InChI=1S/C9H15F2NO3/c10-8(11)7-15-4-1-9(13)12-2-5-14-6-3-12/h8H,1-7H2. The van der Waals surface area contributed by atoms with E-state index in [1.165, 1.54) is 0 Å². The lowest BCUT2D eigenvalue weighted by molar-refractivity contribution is -0.136. The summed E-state index contributed by atoms with van der Waals surface area (Å²) in [6.45, 7) is 1.70. The number of halogens is 2. The van der Waals surface area contributed by atoms with Gasteiger partial charge in [0.1, 0.15) is 6.61 Å². The van der Waals surface area contributed by atoms with Crippen molar-refractivity contribution in [2.75, 3.05) is 39.5 Å². The Morgan fingerprint density at radius 1 is 1.40 bits per heavy atom. The van der Waals surface area contributed by atoms with Crippen LogP contribution in [-0.4, -0.2) is 56.7 Å². The normalized spacial score (nSPS) is 17.1. The summed E-state index contributed by atoms with van der Waals surface area (Å²) in [6.07, 6.45) is -2.31. The van der Waals surface area contributed by atoms with Gasteiger partial charge in [0.05, 0.1) is 26.2 Å². The Morgan fingerprint density at radius 2 is 2.07 bits per heavy atom. The average Bonchev–Trinajstić information content (AvgIpc) is 2.25. The minimum absolute atomic E-state index is 0.0561. The van der Waals surface area contributed by atoms with Crippen LogP contribution >= 0.6 is 0 Å². The topological polar surface area (TPSA) is 38.8 Å². The fourth-order valence-corrected chi connectivity index (χ4v) is 1.30. The third kappa shape index (κ3) is 5.03. The van der Waals surface area contributed by atoms with Crippen molar-refractivity contribution < 1.29 is 23.0 Å². The monoisotopic (exact) mass is 223 g/mol. The van der Waals surface area contributed by atoms with Crippen molar-refractivity contribution in [3.63, 3.8) is 0 Å². The molecule has 0 bridgehead atoms. The Bertz CT molecular complexity index is 196. The van der Waals surface area contributed by atoms with Gasteiger partial charge in [-0.25, -0.2) is 8.78 Å². The lowest BCUT2D eigenvalue weighted by Crippen LogP contribution is -2.41. The van der Waals surface area contributed by atoms with Gasteiger partial charge < -0.3 is 14.4 Å². The number of hydrogen-bond acceptors (Lipinski definition) is 3. The number of morpholine rings is 1. The second kappa shape index (κ2) is 6.68. The maximum Gasteiger partial charge on any atom is 0.261 e. The molecule has 1 aliphatic heterocycles. The van der Waals surface area contributed by atoms with Gasteiger partial charge in [-0.3, -0.25) is 4.79 Å². The van der Waals surface area contributed by atoms with Gasteiger partial charge in [-0.15, -0.1) is 0 Å². The maximum atomic E-state index is 11.7. The molecule has 15 heavy (non-hydrogen) atoms. The molecule has 0 aliphatic carbocycles. The number of hydrogen-bond donors (Lipinski definition) is 0. The Labute approximate surface area is 87.1 Å². The molecule has 0 spiro atoms. The van der Waals surface area contributed by atoms with Crippen molar-refractivity contribution >= 4 is 5.91 Å². The number of nitrogens with zero attached hydrogens (tertiary/aromatic N) is 1. The number of ether oxygens (including phenoxy) is 2. The molecule has 4 nitrogen and oxygen atoms in total. The van der Waals surface area contributed by atoms with Crippen molar-refractivity contribution in [2.45, 2.75) is 12.8 Å². The van der Waals surface area contributed by atoms with E-state index in [0.29, 0.717) is 26.3 Å². The predicted molar refractivity (Wildman–Crippen MR) is 48.8 cm³/mol. The molecule has 0 atom stereocenters. The predicted octanol–water partition coefficient (Wildman–Crippen LogP) is 0.517. The summed E-state index contributed by atoms with van der Waals surface area (Å²) in [4.78, 5) is 13.1. The van der Waals surface area contributed by atoms with E-state index in [2.05, 4.69) is 4.74 Å². The molecule has 0 N–H and O–H groups in total. The largest absolute Gasteiger partial charge is 0.378 e. The molecule has 0 aromatic rings. The lowest BCUT2D eigenvalue weighted by Gasteiger charge is -2.26. The van der Waals surface area contributed by atoms with Gasteiger partial charge in [-0.1, -0.05) is 0 Å². The van der Waals surface area contributed by atoms with Crippen LogP contribution in [0.25, 0.3) is 0 Å². The van der Waals surface area contributed by atoms with Crippen LogP contribution < -0.4 is 0 Å². The Morgan fingerprint density at radius 3 is 2.67 bits per heavy atom. The summed E-state index contributed by atoms with van der Waals surface area (Å²) in [5.41, 5.74) is 0. The average molecular weight is 223 g/mol. The molecule has 1 fully saturated rings. The van der Waals surface area contributed by atoms with Gasteiger partial charge >= 0.3 is 0 Å². The van der Waals surface area contributed by atoms with E-state index < -0.39 is 13.0 Å². The van der Waals surface area contributed by atoms with E-state index in [1.807, 2.05) is 0 Å². The first kappa shape index (κ1) is 12.3. The minimum Gasteiger partial charge on any atom is -0.378 e.